The molecular formula is C14H17ClFN3O5S. The van der Waals surface area contributed by atoms with Gasteiger partial charge in [0.1, 0.15) is 5.82 Å². The minimum Gasteiger partial charge on any atom is -0.363 e. The molecule has 1 saturated heterocycles. The summed E-state index contributed by atoms with van der Waals surface area (Å²) < 4.78 is 45.7. The Hall–Kier alpha value is -1.75. The molecule has 1 heterocycles. The Bertz CT molecular complexity index is 811. The summed E-state index contributed by atoms with van der Waals surface area (Å²) in [6, 6.07) is 1.40. The number of rotatable bonds is 6. The molecule has 2 rings (SSSR count). The number of nitrogens with zero attached hydrogens (tertiary/aromatic N) is 1. The zero-order valence-electron chi connectivity index (χ0n) is 13.7. The van der Waals surface area contributed by atoms with Crippen LogP contribution in [0.3, 0.4) is 0 Å². The number of benzene rings is 1. The Labute approximate surface area is 149 Å². The van der Waals surface area contributed by atoms with Gasteiger partial charge in [-0.15, -0.1) is 0 Å². The van der Waals surface area contributed by atoms with E-state index in [0.717, 1.165) is 16.4 Å². The first-order valence-electron chi connectivity index (χ1n) is 7.24. The third-order valence-corrected chi connectivity index (χ3v) is 5.45. The molecule has 1 atom stereocenters. The predicted octanol–water partition coefficient (Wildman–Crippen LogP) is 1.13. The molecule has 1 aliphatic heterocycles. The van der Waals surface area contributed by atoms with E-state index >= 15 is 0 Å². The highest BCUT2D eigenvalue weighted by atomic mass is 35.5. The van der Waals surface area contributed by atoms with Crippen molar-refractivity contribution in [3.8, 4) is 0 Å². The first-order chi connectivity index (χ1) is 11.5. The van der Waals surface area contributed by atoms with Crippen LogP contribution in [0.5, 0.6) is 0 Å². The molecular weight excluding hydrogens is 377 g/mol. The number of nitrogens with one attached hydrogen (secondary N) is 2. The van der Waals surface area contributed by atoms with Crippen molar-refractivity contribution in [2.24, 2.45) is 0 Å². The van der Waals surface area contributed by atoms with Crippen LogP contribution in [0.15, 0.2) is 12.1 Å². The summed E-state index contributed by atoms with van der Waals surface area (Å²) in [5.41, 5.74) is -0.597. The van der Waals surface area contributed by atoms with Crippen molar-refractivity contribution in [1.29, 1.82) is 0 Å². The molecule has 1 aromatic rings. The summed E-state index contributed by atoms with van der Waals surface area (Å²) in [6.07, 6.45) is -0.660. The summed E-state index contributed by atoms with van der Waals surface area (Å²) in [4.78, 5) is 23.9. The van der Waals surface area contributed by atoms with Crippen molar-refractivity contribution < 1.29 is 27.1 Å². The Balaban J connectivity index is 2.25. The van der Waals surface area contributed by atoms with E-state index in [-0.39, 0.29) is 28.9 Å². The third-order valence-electron chi connectivity index (χ3n) is 3.51. The molecule has 1 fully saturated rings. The molecule has 1 aromatic carbocycles. The molecule has 1 aliphatic rings. The summed E-state index contributed by atoms with van der Waals surface area (Å²) in [5.74, 6) is -2.48. The number of anilines is 1. The number of carbonyl (C=O) groups is 2. The van der Waals surface area contributed by atoms with Crippen molar-refractivity contribution in [3.63, 3.8) is 0 Å². The topological polar surface area (TPSA) is 108 Å². The fraction of sp³-hybridized carbons (Fsp3) is 0.429. The summed E-state index contributed by atoms with van der Waals surface area (Å²) in [5, 5.41) is 1.97. The van der Waals surface area contributed by atoms with Gasteiger partial charge in [0.15, 0.2) is 6.10 Å². The SMILES string of the molecule is CC(C)N(C)S(=O)(=O)NC(=O)c1cc(NC(=O)C2CO2)c(F)cc1Cl. The van der Waals surface area contributed by atoms with Crippen LogP contribution >= 0.6 is 11.6 Å². The van der Waals surface area contributed by atoms with Crippen LogP contribution < -0.4 is 10.0 Å². The maximum absolute atomic E-state index is 13.9. The maximum Gasteiger partial charge on any atom is 0.304 e. The van der Waals surface area contributed by atoms with E-state index in [9.17, 15) is 22.4 Å². The van der Waals surface area contributed by atoms with Gasteiger partial charge in [0.25, 0.3) is 11.8 Å². The van der Waals surface area contributed by atoms with E-state index in [1.165, 1.54) is 7.05 Å². The molecule has 8 nitrogen and oxygen atoms in total. The van der Waals surface area contributed by atoms with Gasteiger partial charge in [-0.3, -0.25) is 9.59 Å². The van der Waals surface area contributed by atoms with Gasteiger partial charge in [0.2, 0.25) is 0 Å². The molecule has 138 valence electrons. The molecule has 11 heteroatoms. The lowest BCUT2D eigenvalue weighted by atomic mass is 10.1. The van der Waals surface area contributed by atoms with Gasteiger partial charge in [-0.05, 0) is 26.0 Å². The van der Waals surface area contributed by atoms with Crippen LogP contribution in [0, 0.1) is 5.82 Å². The predicted molar refractivity (Wildman–Crippen MR) is 89.1 cm³/mol. The van der Waals surface area contributed by atoms with Gasteiger partial charge >= 0.3 is 10.2 Å². The van der Waals surface area contributed by atoms with Gasteiger partial charge in [-0.1, -0.05) is 11.6 Å². The minimum atomic E-state index is -4.10. The van der Waals surface area contributed by atoms with Crippen LogP contribution in [-0.2, 0) is 19.7 Å². The average Bonchev–Trinajstić information content (AvgIpc) is 3.33. The van der Waals surface area contributed by atoms with Crippen molar-refractivity contribution in [3.05, 3.63) is 28.5 Å². The molecule has 0 aromatic heterocycles. The lowest BCUT2D eigenvalue weighted by molar-refractivity contribution is -0.117. The lowest BCUT2D eigenvalue weighted by Gasteiger charge is -2.21. The highest BCUT2D eigenvalue weighted by Crippen LogP contribution is 2.25. The van der Waals surface area contributed by atoms with E-state index in [4.69, 9.17) is 16.3 Å². The molecule has 2 amide bonds. The molecule has 1 unspecified atom stereocenters. The average molecular weight is 394 g/mol. The number of ether oxygens (including phenoxy) is 1. The monoisotopic (exact) mass is 393 g/mol. The Morgan fingerprint density at radius 2 is 2.00 bits per heavy atom. The number of amides is 2. The maximum atomic E-state index is 13.9. The van der Waals surface area contributed by atoms with Gasteiger partial charge in [-0.25, -0.2) is 9.11 Å². The zero-order valence-corrected chi connectivity index (χ0v) is 15.2. The molecule has 0 aliphatic carbocycles. The van der Waals surface area contributed by atoms with Crippen LogP contribution in [0.25, 0.3) is 0 Å². The number of carbonyl (C=O) groups excluding carboxylic acids is 2. The molecule has 2 N–H and O–H groups in total. The second kappa shape index (κ2) is 7.24. The van der Waals surface area contributed by atoms with E-state index in [0.29, 0.717) is 0 Å². The summed E-state index contributed by atoms with van der Waals surface area (Å²) >= 11 is 5.83. The largest absolute Gasteiger partial charge is 0.363 e. The van der Waals surface area contributed by atoms with Crippen LogP contribution in [0.1, 0.15) is 24.2 Å². The summed E-state index contributed by atoms with van der Waals surface area (Å²) in [6.45, 7) is 3.48. The van der Waals surface area contributed by atoms with E-state index in [1.54, 1.807) is 13.8 Å². The number of hydrogen-bond donors (Lipinski definition) is 2. The minimum absolute atomic E-state index is 0.230. The van der Waals surface area contributed by atoms with Gasteiger partial charge in [0.05, 0.1) is 22.9 Å². The molecule has 0 spiro atoms. The lowest BCUT2D eigenvalue weighted by Crippen LogP contribution is -2.44. The molecule has 0 radical (unpaired) electrons. The number of halogens is 2. The Kier molecular flexibility index (Phi) is 5.67. The van der Waals surface area contributed by atoms with Crippen molar-refractivity contribution >= 4 is 39.3 Å². The van der Waals surface area contributed by atoms with E-state index in [1.807, 2.05) is 4.72 Å². The zero-order chi connectivity index (χ0) is 18.9. The van der Waals surface area contributed by atoms with Crippen molar-refractivity contribution in [1.82, 2.24) is 9.03 Å². The third kappa shape index (κ3) is 4.66. The fourth-order valence-corrected chi connectivity index (χ4v) is 3.03. The van der Waals surface area contributed by atoms with Crippen LogP contribution in [0.4, 0.5) is 10.1 Å². The highest BCUT2D eigenvalue weighted by Gasteiger charge is 2.32. The fourth-order valence-electron chi connectivity index (χ4n) is 1.75. The quantitative estimate of drug-likeness (QED) is 0.704. The van der Waals surface area contributed by atoms with Crippen molar-refractivity contribution in [2.45, 2.75) is 26.0 Å². The van der Waals surface area contributed by atoms with Gasteiger partial charge in [0, 0.05) is 13.1 Å². The first-order valence-corrected chi connectivity index (χ1v) is 9.06. The van der Waals surface area contributed by atoms with E-state index < -0.39 is 33.9 Å². The second-order valence-corrected chi connectivity index (χ2v) is 7.81. The molecule has 0 bridgehead atoms. The van der Waals surface area contributed by atoms with Crippen LogP contribution in [-0.4, -0.2) is 50.3 Å². The van der Waals surface area contributed by atoms with E-state index in [2.05, 4.69) is 5.32 Å². The first kappa shape index (κ1) is 19.6. The summed E-state index contributed by atoms with van der Waals surface area (Å²) in [7, 11) is -2.80. The highest BCUT2D eigenvalue weighted by molar-refractivity contribution is 7.87. The van der Waals surface area contributed by atoms with Gasteiger partial charge < -0.3 is 10.1 Å². The standard InChI is InChI=1S/C14H17ClFN3O5S/c1-7(2)19(3)25(22,23)18-13(20)8-4-11(10(16)5-9(8)15)17-14(21)12-6-24-12/h4-5,7,12H,6H2,1-3H3,(H,17,21)(H,18,20). The second-order valence-electron chi connectivity index (χ2n) is 5.67. The normalized spacial score (nSPS) is 16.8. The Morgan fingerprint density at radius 3 is 2.52 bits per heavy atom. The molecule has 0 saturated carbocycles. The molecule has 25 heavy (non-hydrogen) atoms. The Morgan fingerprint density at radius 1 is 1.40 bits per heavy atom. The number of hydrogen-bond acceptors (Lipinski definition) is 5. The van der Waals surface area contributed by atoms with Gasteiger partial charge in [-0.2, -0.15) is 12.7 Å². The van der Waals surface area contributed by atoms with Crippen molar-refractivity contribution in [2.75, 3.05) is 19.0 Å². The smallest absolute Gasteiger partial charge is 0.304 e. The van der Waals surface area contributed by atoms with Crippen LogP contribution in [0.2, 0.25) is 5.02 Å². The number of epoxide rings is 1.